The molecule has 0 fully saturated rings. The zero-order valence-corrected chi connectivity index (χ0v) is 13.7. The van der Waals surface area contributed by atoms with Crippen molar-refractivity contribution in [2.75, 3.05) is 0 Å². The van der Waals surface area contributed by atoms with Crippen LogP contribution in [0.4, 0.5) is 4.79 Å². The van der Waals surface area contributed by atoms with Gasteiger partial charge in [-0.05, 0) is 55.0 Å². The third kappa shape index (κ3) is 6.18. The fourth-order valence-corrected chi connectivity index (χ4v) is 1.73. The van der Waals surface area contributed by atoms with Gasteiger partial charge in [-0.15, -0.1) is 0 Å². The molecule has 0 radical (unpaired) electrons. The zero-order chi connectivity index (χ0) is 15.3. The molecule has 0 saturated heterocycles. The SMILES string of the molecule is CC(C)(C)OC(=O)N[C@@H](Cc1ccc(I)nc1)C(=O)O. The van der Waals surface area contributed by atoms with Crippen LogP contribution in [0, 0.1) is 3.70 Å². The molecule has 0 aliphatic heterocycles. The Morgan fingerprint density at radius 3 is 2.55 bits per heavy atom. The summed E-state index contributed by atoms with van der Waals surface area (Å²) in [5.41, 5.74) is 0.0613. The fraction of sp³-hybridized carbons (Fsp3) is 0.462. The minimum Gasteiger partial charge on any atom is -0.480 e. The Hall–Kier alpha value is -1.38. The number of halogens is 1. The van der Waals surface area contributed by atoms with Crippen molar-refractivity contribution in [3.05, 3.63) is 27.6 Å². The summed E-state index contributed by atoms with van der Waals surface area (Å²) in [6.45, 7) is 5.14. The third-order valence-corrected chi connectivity index (χ3v) is 2.86. The van der Waals surface area contributed by atoms with E-state index in [0.29, 0.717) is 0 Å². The van der Waals surface area contributed by atoms with E-state index in [1.54, 1.807) is 39.1 Å². The number of ether oxygens (including phenoxy) is 1. The van der Waals surface area contributed by atoms with Crippen molar-refractivity contribution >= 4 is 34.7 Å². The minimum absolute atomic E-state index is 0.151. The fourth-order valence-electron chi connectivity index (χ4n) is 1.41. The number of carbonyl (C=O) groups excluding carboxylic acids is 1. The lowest BCUT2D eigenvalue weighted by Crippen LogP contribution is -2.44. The number of alkyl carbamates (subject to hydrolysis) is 1. The topological polar surface area (TPSA) is 88.5 Å². The van der Waals surface area contributed by atoms with E-state index < -0.39 is 23.7 Å². The molecule has 1 aromatic heterocycles. The van der Waals surface area contributed by atoms with E-state index >= 15 is 0 Å². The summed E-state index contributed by atoms with van der Waals surface area (Å²) in [5.74, 6) is -1.12. The standard InChI is InChI=1S/C13H17IN2O4/c1-13(2,3)20-12(19)16-9(11(17)18)6-8-4-5-10(14)15-7-8/h4-5,7,9H,6H2,1-3H3,(H,16,19)(H,17,18)/t9-/m0/s1. The number of aromatic nitrogens is 1. The summed E-state index contributed by atoms with van der Waals surface area (Å²) >= 11 is 2.06. The summed E-state index contributed by atoms with van der Waals surface area (Å²) in [4.78, 5) is 26.9. The minimum atomic E-state index is -1.12. The normalized spacial score (nSPS) is 12.6. The molecule has 1 atom stereocenters. The maximum absolute atomic E-state index is 11.6. The van der Waals surface area contributed by atoms with E-state index in [1.807, 2.05) is 0 Å². The number of hydrogen-bond acceptors (Lipinski definition) is 4. The Bertz CT molecular complexity index is 482. The van der Waals surface area contributed by atoms with Gasteiger partial charge < -0.3 is 15.2 Å². The molecule has 1 heterocycles. The number of pyridine rings is 1. The second-order valence-electron chi connectivity index (χ2n) is 5.23. The zero-order valence-electron chi connectivity index (χ0n) is 11.5. The van der Waals surface area contributed by atoms with Crippen LogP contribution in [0.25, 0.3) is 0 Å². The van der Waals surface area contributed by atoms with Gasteiger partial charge in [0.25, 0.3) is 0 Å². The molecule has 0 bridgehead atoms. The first-order valence-electron chi connectivity index (χ1n) is 6.00. The molecule has 2 N–H and O–H groups in total. The number of carboxylic acids is 1. The van der Waals surface area contributed by atoms with E-state index in [0.717, 1.165) is 9.26 Å². The number of carbonyl (C=O) groups is 2. The van der Waals surface area contributed by atoms with Crippen molar-refractivity contribution in [1.82, 2.24) is 10.3 Å². The van der Waals surface area contributed by atoms with Gasteiger partial charge in [0, 0.05) is 12.6 Å². The van der Waals surface area contributed by atoms with E-state index in [-0.39, 0.29) is 6.42 Å². The molecule has 110 valence electrons. The second-order valence-corrected chi connectivity index (χ2v) is 6.34. The highest BCUT2D eigenvalue weighted by Gasteiger charge is 2.24. The van der Waals surface area contributed by atoms with Gasteiger partial charge in [0.2, 0.25) is 0 Å². The van der Waals surface area contributed by atoms with Crippen molar-refractivity contribution in [2.45, 2.75) is 38.8 Å². The first kappa shape index (κ1) is 16.7. The molecule has 6 nitrogen and oxygen atoms in total. The van der Waals surface area contributed by atoms with Crippen LogP contribution >= 0.6 is 22.6 Å². The summed E-state index contributed by atoms with van der Waals surface area (Å²) in [5, 5.41) is 11.5. The number of hydrogen-bond donors (Lipinski definition) is 2. The first-order valence-corrected chi connectivity index (χ1v) is 7.08. The van der Waals surface area contributed by atoms with Crippen LogP contribution in [0.3, 0.4) is 0 Å². The molecular formula is C13H17IN2O4. The molecule has 20 heavy (non-hydrogen) atoms. The van der Waals surface area contributed by atoms with Crippen LogP contribution in [0.2, 0.25) is 0 Å². The third-order valence-electron chi connectivity index (χ3n) is 2.22. The van der Waals surface area contributed by atoms with Crippen LogP contribution in [-0.4, -0.2) is 33.8 Å². The quantitative estimate of drug-likeness (QED) is 0.606. The van der Waals surface area contributed by atoms with Gasteiger partial charge in [-0.1, -0.05) is 6.07 Å². The van der Waals surface area contributed by atoms with E-state index in [2.05, 4.69) is 32.9 Å². The van der Waals surface area contributed by atoms with Crippen LogP contribution in [0.15, 0.2) is 18.3 Å². The van der Waals surface area contributed by atoms with Crippen LogP contribution in [-0.2, 0) is 16.0 Å². The van der Waals surface area contributed by atoms with Crippen LogP contribution in [0.1, 0.15) is 26.3 Å². The molecule has 0 aliphatic carbocycles. The van der Waals surface area contributed by atoms with Gasteiger partial charge in [0.1, 0.15) is 15.3 Å². The number of amides is 1. The summed E-state index contributed by atoms with van der Waals surface area (Å²) in [7, 11) is 0. The largest absolute Gasteiger partial charge is 0.480 e. The van der Waals surface area contributed by atoms with Crippen molar-refractivity contribution in [2.24, 2.45) is 0 Å². The molecule has 0 aliphatic rings. The smallest absolute Gasteiger partial charge is 0.408 e. The average molecular weight is 392 g/mol. The Kier molecular flexibility index (Phi) is 5.73. The molecular weight excluding hydrogens is 375 g/mol. The van der Waals surface area contributed by atoms with Gasteiger partial charge in [0.15, 0.2) is 0 Å². The first-order chi connectivity index (χ1) is 9.17. The maximum Gasteiger partial charge on any atom is 0.408 e. The van der Waals surface area contributed by atoms with Gasteiger partial charge in [-0.2, -0.15) is 0 Å². The molecule has 0 aromatic carbocycles. The Labute approximate surface area is 131 Å². The molecule has 1 rings (SSSR count). The lowest BCUT2D eigenvalue weighted by molar-refractivity contribution is -0.139. The number of rotatable bonds is 4. The molecule has 0 unspecified atom stereocenters. The lowest BCUT2D eigenvalue weighted by Gasteiger charge is -2.22. The highest BCUT2D eigenvalue weighted by atomic mass is 127. The Morgan fingerprint density at radius 1 is 1.45 bits per heavy atom. The highest BCUT2D eigenvalue weighted by molar-refractivity contribution is 14.1. The Morgan fingerprint density at radius 2 is 2.10 bits per heavy atom. The van der Waals surface area contributed by atoms with E-state index in [1.165, 1.54) is 0 Å². The summed E-state index contributed by atoms with van der Waals surface area (Å²) in [6, 6.07) is 2.51. The van der Waals surface area contributed by atoms with Crippen LogP contribution < -0.4 is 5.32 Å². The van der Waals surface area contributed by atoms with Crippen molar-refractivity contribution in [3.8, 4) is 0 Å². The van der Waals surface area contributed by atoms with E-state index in [9.17, 15) is 9.59 Å². The van der Waals surface area contributed by atoms with Gasteiger partial charge in [0.05, 0.1) is 0 Å². The molecule has 1 amide bonds. The maximum atomic E-state index is 11.6. The molecule has 0 saturated carbocycles. The average Bonchev–Trinajstić information content (AvgIpc) is 2.28. The number of aliphatic carboxylic acids is 1. The molecule has 0 spiro atoms. The predicted octanol–water partition coefficient (Wildman–Crippen LogP) is 2.21. The summed E-state index contributed by atoms with van der Waals surface area (Å²) in [6.07, 6.45) is 0.996. The van der Waals surface area contributed by atoms with Gasteiger partial charge in [-0.25, -0.2) is 9.59 Å². The van der Waals surface area contributed by atoms with E-state index in [4.69, 9.17) is 9.84 Å². The predicted molar refractivity (Wildman–Crippen MR) is 81.5 cm³/mol. The van der Waals surface area contributed by atoms with Crippen LogP contribution in [0.5, 0.6) is 0 Å². The second kappa shape index (κ2) is 6.87. The van der Waals surface area contributed by atoms with Crippen molar-refractivity contribution in [3.63, 3.8) is 0 Å². The molecule has 7 heteroatoms. The number of carboxylic acid groups (broad SMARTS) is 1. The number of nitrogens with one attached hydrogen (secondary N) is 1. The van der Waals surface area contributed by atoms with Gasteiger partial charge >= 0.3 is 12.1 Å². The monoisotopic (exact) mass is 392 g/mol. The van der Waals surface area contributed by atoms with Crippen molar-refractivity contribution < 1.29 is 19.4 Å². The lowest BCUT2D eigenvalue weighted by atomic mass is 10.1. The number of nitrogens with zero attached hydrogens (tertiary/aromatic N) is 1. The summed E-state index contributed by atoms with van der Waals surface area (Å²) < 4.78 is 5.86. The molecule has 1 aromatic rings. The van der Waals surface area contributed by atoms with Crippen molar-refractivity contribution in [1.29, 1.82) is 0 Å². The highest BCUT2D eigenvalue weighted by Crippen LogP contribution is 2.09. The Balaban J connectivity index is 2.68. The van der Waals surface area contributed by atoms with Gasteiger partial charge in [-0.3, -0.25) is 4.98 Å².